The molecule has 8 heteroatoms. The summed E-state index contributed by atoms with van der Waals surface area (Å²) in [5.41, 5.74) is 1.32. The van der Waals surface area contributed by atoms with Crippen molar-refractivity contribution in [3.8, 4) is 0 Å². The minimum absolute atomic E-state index is 0.0803. The second kappa shape index (κ2) is 8.96. The van der Waals surface area contributed by atoms with Crippen LogP contribution in [0.5, 0.6) is 0 Å². The molecule has 2 heterocycles. The van der Waals surface area contributed by atoms with E-state index in [-0.39, 0.29) is 30.1 Å². The molecule has 146 valence electrons. The van der Waals surface area contributed by atoms with Crippen molar-refractivity contribution in [1.82, 2.24) is 10.2 Å². The summed E-state index contributed by atoms with van der Waals surface area (Å²) >= 11 is 0. The Balaban J connectivity index is 1.52. The van der Waals surface area contributed by atoms with E-state index in [2.05, 4.69) is 15.5 Å². The van der Waals surface area contributed by atoms with Crippen molar-refractivity contribution < 1.29 is 19.1 Å². The number of amides is 3. The van der Waals surface area contributed by atoms with Crippen molar-refractivity contribution in [2.45, 2.75) is 13.3 Å². The lowest BCUT2D eigenvalue weighted by atomic mass is 10.1. The zero-order valence-corrected chi connectivity index (χ0v) is 15.6. The molecule has 0 aromatic heterocycles. The smallest absolute Gasteiger partial charge is 0.227 e. The van der Waals surface area contributed by atoms with E-state index in [1.807, 2.05) is 6.07 Å². The van der Waals surface area contributed by atoms with Crippen LogP contribution in [-0.2, 0) is 19.1 Å². The summed E-state index contributed by atoms with van der Waals surface area (Å²) in [5.74, 6) is -0.690. The second-order valence-electron chi connectivity index (χ2n) is 6.88. The number of anilines is 2. The Labute approximate surface area is 158 Å². The molecular formula is C19H26N4O4. The van der Waals surface area contributed by atoms with E-state index in [1.165, 1.54) is 6.92 Å². The maximum Gasteiger partial charge on any atom is 0.227 e. The molecule has 1 aromatic rings. The Kier molecular flexibility index (Phi) is 6.41. The molecule has 1 atom stereocenters. The standard InChI is InChI=1S/C19H26N4O4/c1-14(24)21-16-3-2-4-17(12-16)23-13-15(11-18(23)25)19(26)20-5-6-22-7-9-27-10-8-22/h2-4,12,15H,5-11,13H2,1H3,(H,20,26)(H,21,24). The fourth-order valence-electron chi connectivity index (χ4n) is 3.39. The van der Waals surface area contributed by atoms with Crippen molar-refractivity contribution in [2.75, 3.05) is 56.2 Å². The molecule has 0 saturated carbocycles. The molecule has 0 bridgehead atoms. The van der Waals surface area contributed by atoms with Gasteiger partial charge in [0, 0.05) is 57.4 Å². The molecule has 2 aliphatic heterocycles. The minimum Gasteiger partial charge on any atom is -0.379 e. The summed E-state index contributed by atoms with van der Waals surface area (Å²) in [6.45, 7) is 6.39. The molecule has 27 heavy (non-hydrogen) atoms. The lowest BCUT2D eigenvalue weighted by molar-refractivity contribution is -0.126. The topological polar surface area (TPSA) is 91.0 Å². The molecular weight excluding hydrogens is 348 g/mol. The summed E-state index contributed by atoms with van der Waals surface area (Å²) in [7, 11) is 0. The SMILES string of the molecule is CC(=O)Nc1cccc(N2CC(C(=O)NCCN3CCOCC3)CC2=O)c1. The Morgan fingerprint density at radius 2 is 2.04 bits per heavy atom. The zero-order valence-electron chi connectivity index (χ0n) is 15.6. The molecule has 2 N–H and O–H groups in total. The van der Waals surface area contributed by atoms with E-state index in [0.717, 1.165) is 32.8 Å². The second-order valence-corrected chi connectivity index (χ2v) is 6.88. The maximum atomic E-state index is 12.4. The molecule has 3 amide bonds. The van der Waals surface area contributed by atoms with Crippen LogP contribution in [0.15, 0.2) is 24.3 Å². The molecule has 0 aliphatic carbocycles. The summed E-state index contributed by atoms with van der Waals surface area (Å²) < 4.78 is 5.31. The van der Waals surface area contributed by atoms with Gasteiger partial charge >= 0.3 is 0 Å². The van der Waals surface area contributed by atoms with Crippen LogP contribution in [0.3, 0.4) is 0 Å². The number of benzene rings is 1. The lowest BCUT2D eigenvalue weighted by Crippen LogP contribution is -2.42. The lowest BCUT2D eigenvalue weighted by Gasteiger charge is -2.26. The molecule has 2 aliphatic rings. The first-order valence-corrected chi connectivity index (χ1v) is 9.29. The van der Waals surface area contributed by atoms with E-state index in [9.17, 15) is 14.4 Å². The molecule has 2 saturated heterocycles. The van der Waals surface area contributed by atoms with Gasteiger partial charge in [-0.05, 0) is 18.2 Å². The van der Waals surface area contributed by atoms with Crippen LogP contribution >= 0.6 is 0 Å². The van der Waals surface area contributed by atoms with Crippen LogP contribution in [0.25, 0.3) is 0 Å². The van der Waals surface area contributed by atoms with Crippen molar-refractivity contribution >= 4 is 29.1 Å². The number of morpholine rings is 1. The Bertz CT molecular complexity index is 703. The molecule has 2 fully saturated rings. The van der Waals surface area contributed by atoms with E-state index in [1.54, 1.807) is 23.1 Å². The average molecular weight is 374 g/mol. The van der Waals surface area contributed by atoms with Crippen LogP contribution < -0.4 is 15.5 Å². The quantitative estimate of drug-likeness (QED) is 0.754. The third-order valence-corrected chi connectivity index (χ3v) is 4.80. The third kappa shape index (κ3) is 5.27. The van der Waals surface area contributed by atoms with Gasteiger partial charge in [-0.2, -0.15) is 0 Å². The number of nitrogens with one attached hydrogen (secondary N) is 2. The molecule has 1 aromatic carbocycles. The highest BCUT2D eigenvalue weighted by molar-refractivity contribution is 6.01. The monoisotopic (exact) mass is 374 g/mol. The van der Waals surface area contributed by atoms with Gasteiger partial charge in [0.1, 0.15) is 0 Å². The van der Waals surface area contributed by atoms with Crippen molar-refractivity contribution in [1.29, 1.82) is 0 Å². The third-order valence-electron chi connectivity index (χ3n) is 4.80. The highest BCUT2D eigenvalue weighted by Crippen LogP contribution is 2.27. The van der Waals surface area contributed by atoms with Gasteiger partial charge in [-0.3, -0.25) is 19.3 Å². The van der Waals surface area contributed by atoms with Crippen molar-refractivity contribution in [3.05, 3.63) is 24.3 Å². The average Bonchev–Trinajstić information content (AvgIpc) is 3.04. The molecule has 0 spiro atoms. The van der Waals surface area contributed by atoms with Crippen molar-refractivity contribution in [3.63, 3.8) is 0 Å². The minimum atomic E-state index is -0.355. The predicted molar refractivity (Wildman–Crippen MR) is 101 cm³/mol. The Morgan fingerprint density at radius 1 is 1.26 bits per heavy atom. The first-order valence-electron chi connectivity index (χ1n) is 9.29. The number of rotatable bonds is 6. The maximum absolute atomic E-state index is 12.4. The Hall–Kier alpha value is -2.45. The van der Waals surface area contributed by atoms with Crippen LogP contribution in [0.2, 0.25) is 0 Å². The summed E-state index contributed by atoms with van der Waals surface area (Å²) in [6, 6.07) is 7.10. The van der Waals surface area contributed by atoms with Crippen LogP contribution in [0.4, 0.5) is 11.4 Å². The van der Waals surface area contributed by atoms with E-state index in [0.29, 0.717) is 24.5 Å². The number of hydrogen-bond acceptors (Lipinski definition) is 5. The van der Waals surface area contributed by atoms with Gasteiger partial charge in [0.05, 0.1) is 19.1 Å². The fourth-order valence-corrected chi connectivity index (χ4v) is 3.39. The van der Waals surface area contributed by atoms with Crippen molar-refractivity contribution in [2.24, 2.45) is 5.92 Å². The number of carbonyl (C=O) groups is 3. The number of carbonyl (C=O) groups excluding carboxylic acids is 3. The van der Waals surface area contributed by atoms with Gasteiger partial charge in [0.15, 0.2) is 0 Å². The predicted octanol–water partition coefficient (Wildman–Crippen LogP) is 0.446. The molecule has 8 nitrogen and oxygen atoms in total. The van der Waals surface area contributed by atoms with Gasteiger partial charge in [-0.1, -0.05) is 6.07 Å². The largest absolute Gasteiger partial charge is 0.379 e. The highest BCUT2D eigenvalue weighted by atomic mass is 16.5. The number of nitrogens with zero attached hydrogens (tertiary/aromatic N) is 2. The van der Waals surface area contributed by atoms with Crippen LogP contribution in [-0.4, -0.2) is 68.6 Å². The first-order chi connectivity index (χ1) is 13.0. The van der Waals surface area contributed by atoms with Crippen LogP contribution in [0, 0.1) is 5.92 Å². The van der Waals surface area contributed by atoms with Gasteiger partial charge < -0.3 is 20.3 Å². The summed E-state index contributed by atoms with van der Waals surface area (Å²) in [5, 5.41) is 5.65. The summed E-state index contributed by atoms with van der Waals surface area (Å²) in [6.07, 6.45) is 0.202. The molecule has 0 radical (unpaired) electrons. The highest BCUT2D eigenvalue weighted by Gasteiger charge is 2.35. The zero-order chi connectivity index (χ0) is 19.2. The van der Waals surface area contributed by atoms with Gasteiger partial charge in [0.2, 0.25) is 17.7 Å². The first kappa shape index (κ1) is 19.3. The number of hydrogen-bond donors (Lipinski definition) is 2. The fraction of sp³-hybridized carbons (Fsp3) is 0.526. The van der Waals surface area contributed by atoms with Gasteiger partial charge in [-0.15, -0.1) is 0 Å². The van der Waals surface area contributed by atoms with Gasteiger partial charge in [-0.25, -0.2) is 0 Å². The van der Waals surface area contributed by atoms with E-state index < -0.39 is 0 Å². The normalized spacial score (nSPS) is 20.6. The van der Waals surface area contributed by atoms with Gasteiger partial charge in [0.25, 0.3) is 0 Å². The van der Waals surface area contributed by atoms with E-state index in [4.69, 9.17) is 4.74 Å². The number of ether oxygens (including phenoxy) is 1. The summed E-state index contributed by atoms with van der Waals surface area (Å²) in [4.78, 5) is 39.9. The molecule has 3 rings (SSSR count). The van der Waals surface area contributed by atoms with Crippen LogP contribution in [0.1, 0.15) is 13.3 Å². The van der Waals surface area contributed by atoms with E-state index >= 15 is 0 Å². The molecule has 1 unspecified atom stereocenters. The Morgan fingerprint density at radius 3 is 2.78 bits per heavy atom.